The van der Waals surface area contributed by atoms with Crippen LogP contribution in [0.2, 0.25) is 5.02 Å². The SMILES string of the molecule is Cc1ccc(Cl)cc1N1CCN(C(=O)c2cnn(-c3ccc(F)cc3)c2C2CCN(C(=O)OC(C)(C)C)CC2)CC1. The second-order valence-electron chi connectivity index (χ2n) is 11.8. The Bertz CT molecular complexity index is 1400. The highest BCUT2D eigenvalue weighted by Gasteiger charge is 2.34. The van der Waals surface area contributed by atoms with Gasteiger partial charge in [0, 0.05) is 55.9 Å². The summed E-state index contributed by atoms with van der Waals surface area (Å²) in [5.41, 5.74) is 3.72. The molecule has 5 rings (SSSR count). The molecule has 2 aliphatic rings. The number of carbonyl (C=O) groups is 2. The minimum Gasteiger partial charge on any atom is -0.444 e. The van der Waals surface area contributed by atoms with E-state index in [4.69, 9.17) is 16.3 Å². The number of piperazine rings is 1. The Hall–Kier alpha value is -3.59. The molecule has 0 radical (unpaired) electrons. The number of carbonyl (C=O) groups excluding carboxylic acids is 2. The zero-order chi connectivity index (χ0) is 29.3. The highest BCUT2D eigenvalue weighted by molar-refractivity contribution is 6.30. The molecule has 41 heavy (non-hydrogen) atoms. The van der Waals surface area contributed by atoms with Gasteiger partial charge in [-0.3, -0.25) is 4.79 Å². The van der Waals surface area contributed by atoms with Gasteiger partial charge in [0.05, 0.1) is 23.1 Å². The molecule has 1 aromatic heterocycles. The predicted octanol–water partition coefficient (Wildman–Crippen LogP) is 6.05. The van der Waals surface area contributed by atoms with E-state index in [0.29, 0.717) is 68.4 Å². The summed E-state index contributed by atoms with van der Waals surface area (Å²) in [4.78, 5) is 32.5. The first-order valence-corrected chi connectivity index (χ1v) is 14.5. The molecule has 2 aromatic carbocycles. The third kappa shape index (κ3) is 6.50. The van der Waals surface area contributed by atoms with E-state index in [2.05, 4.69) is 16.9 Å². The smallest absolute Gasteiger partial charge is 0.410 e. The third-order valence-electron chi connectivity index (χ3n) is 7.72. The molecule has 2 fully saturated rings. The number of amides is 2. The molecule has 3 heterocycles. The first kappa shape index (κ1) is 28.9. The number of aryl methyl sites for hydroxylation is 1. The second-order valence-corrected chi connectivity index (χ2v) is 12.2. The molecule has 2 amide bonds. The highest BCUT2D eigenvalue weighted by atomic mass is 35.5. The first-order chi connectivity index (χ1) is 19.5. The molecule has 3 aromatic rings. The number of ether oxygens (including phenoxy) is 1. The number of hydrogen-bond donors (Lipinski definition) is 0. The van der Waals surface area contributed by atoms with Crippen LogP contribution in [0.3, 0.4) is 0 Å². The van der Waals surface area contributed by atoms with Crippen LogP contribution < -0.4 is 4.90 Å². The molecular formula is C31H37ClFN5O3. The van der Waals surface area contributed by atoms with Gasteiger partial charge in [-0.05, 0) is 82.5 Å². The molecule has 0 bridgehead atoms. The Balaban J connectivity index is 1.36. The molecule has 218 valence electrons. The van der Waals surface area contributed by atoms with Gasteiger partial charge in [-0.15, -0.1) is 0 Å². The van der Waals surface area contributed by atoms with Crippen molar-refractivity contribution in [3.8, 4) is 5.69 Å². The summed E-state index contributed by atoms with van der Waals surface area (Å²) in [5, 5.41) is 5.30. The molecule has 8 nitrogen and oxygen atoms in total. The van der Waals surface area contributed by atoms with Crippen molar-refractivity contribution in [3.63, 3.8) is 0 Å². The fourth-order valence-electron chi connectivity index (χ4n) is 5.61. The van der Waals surface area contributed by atoms with Gasteiger partial charge in [0.2, 0.25) is 0 Å². The lowest BCUT2D eigenvalue weighted by Crippen LogP contribution is -2.49. The van der Waals surface area contributed by atoms with Crippen molar-refractivity contribution in [2.45, 2.75) is 52.1 Å². The largest absolute Gasteiger partial charge is 0.444 e. The first-order valence-electron chi connectivity index (χ1n) is 14.1. The molecule has 0 saturated carbocycles. The van der Waals surface area contributed by atoms with Crippen molar-refractivity contribution in [1.82, 2.24) is 19.6 Å². The average molecular weight is 582 g/mol. The van der Waals surface area contributed by atoms with E-state index >= 15 is 0 Å². The molecule has 0 aliphatic carbocycles. The van der Waals surface area contributed by atoms with Gasteiger partial charge >= 0.3 is 6.09 Å². The molecule has 2 saturated heterocycles. The van der Waals surface area contributed by atoms with E-state index < -0.39 is 5.60 Å². The van der Waals surface area contributed by atoms with Crippen molar-refractivity contribution in [2.24, 2.45) is 0 Å². The average Bonchev–Trinajstić information content (AvgIpc) is 3.39. The number of halogens is 2. The number of likely N-dealkylation sites (tertiary alicyclic amines) is 1. The zero-order valence-corrected chi connectivity index (χ0v) is 24.8. The van der Waals surface area contributed by atoms with Crippen LogP contribution in [0.5, 0.6) is 0 Å². The summed E-state index contributed by atoms with van der Waals surface area (Å²) in [5.74, 6) is -0.404. The van der Waals surface area contributed by atoms with Gasteiger partial charge in [0.25, 0.3) is 5.91 Å². The lowest BCUT2D eigenvalue weighted by molar-refractivity contribution is 0.0203. The molecule has 0 N–H and O–H groups in total. The quantitative estimate of drug-likeness (QED) is 0.375. The Kier molecular flexibility index (Phi) is 8.27. The van der Waals surface area contributed by atoms with Crippen LogP contribution in [-0.2, 0) is 4.74 Å². The molecule has 0 atom stereocenters. The Labute approximate surface area is 245 Å². The van der Waals surface area contributed by atoms with Gasteiger partial charge in [-0.2, -0.15) is 5.10 Å². The van der Waals surface area contributed by atoms with Crippen LogP contribution in [0.1, 0.15) is 61.1 Å². The fourth-order valence-corrected chi connectivity index (χ4v) is 5.78. The molecule has 0 spiro atoms. The number of aromatic nitrogens is 2. The van der Waals surface area contributed by atoms with Crippen LogP contribution in [0.4, 0.5) is 14.9 Å². The van der Waals surface area contributed by atoms with Crippen molar-refractivity contribution in [3.05, 3.63) is 76.3 Å². The summed E-state index contributed by atoms with van der Waals surface area (Å²) < 4.78 is 21.0. The van der Waals surface area contributed by atoms with Crippen LogP contribution in [-0.4, -0.2) is 76.5 Å². The molecule has 0 unspecified atom stereocenters. The van der Waals surface area contributed by atoms with E-state index in [-0.39, 0.29) is 23.7 Å². The van der Waals surface area contributed by atoms with Gasteiger partial charge in [0.15, 0.2) is 0 Å². The van der Waals surface area contributed by atoms with Crippen molar-refractivity contribution in [2.75, 3.05) is 44.2 Å². The van der Waals surface area contributed by atoms with Crippen LogP contribution in [0, 0.1) is 12.7 Å². The van der Waals surface area contributed by atoms with Crippen molar-refractivity contribution in [1.29, 1.82) is 0 Å². The molecular weight excluding hydrogens is 545 g/mol. The Morgan fingerprint density at radius 3 is 2.24 bits per heavy atom. The summed E-state index contributed by atoms with van der Waals surface area (Å²) >= 11 is 6.25. The van der Waals surface area contributed by atoms with Crippen LogP contribution >= 0.6 is 11.6 Å². The maximum Gasteiger partial charge on any atom is 0.410 e. The number of rotatable bonds is 4. The lowest BCUT2D eigenvalue weighted by atomic mass is 9.90. The van der Waals surface area contributed by atoms with E-state index in [9.17, 15) is 14.0 Å². The number of nitrogens with zero attached hydrogens (tertiary/aromatic N) is 5. The number of piperidine rings is 1. The van der Waals surface area contributed by atoms with E-state index in [1.54, 1.807) is 27.9 Å². The van der Waals surface area contributed by atoms with E-state index in [1.165, 1.54) is 12.1 Å². The molecule has 10 heteroatoms. The topological polar surface area (TPSA) is 70.9 Å². The van der Waals surface area contributed by atoms with Gasteiger partial charge in [-0.25, -0.2) is 13.9 Å². The third-order valence-corrected chi connectivity index (χ3v) is 7.96. The maximum absolute atomic E-state index is 13.9. The van der Waals surface area contributed by atoms with Crippen molar-refractivity contribution < 1.29 is 18.7 Å². The lowest BCUT2D eigenvalue weighted by Gasteiger charge is -2.37. The Morgan fingerprint density at radius 2 is 1.61 bits per heavy atom. The summed E-state index contributed by atoms with van der Waals surface area (Å²) in [6.07, 6.45) is 2.63. The minimum absolute atomic E-state index is 0.00408. The standard InChI is InChI=1S/C31H37ClFN5O3/c1-21-5-6-23(32)19-27(21)35-15-17-36(18-16-35)29(39)26-20-34-38(25-9-7-24(33)8-10-25)28(26)22-11-13-37(14-12-22)30(40)41-31(2,3)4/h5-10,19-20,22H,11-18H2,1-4H3. The van der Waals surface area contributed by atoms with Crippen LogP contribution in [0.25, 0.3) is 5.69 Å². The minimum atomic E-state index is -0.565. The van der Waals surface area contributed by atoms with E-state index in [0.717, 1.165) is 16.9 Å². The second kappa shape index (κ2) is 11.7. The van der Waals surface area contributed by atoms with Gasteiger partial charge in [0.1, 0.15) is 11.4 Å². The molecule has 2 aliphatic heterocycles. The van der Waals surface area contributed by atoms with E-state index in [1.807, 2.05) is 43.9 Å². The summed E-state index contributed by atoms with van der Waals surface area (Å²) in [7, 11) is 0. The van der Waals surface area contributed by atoms with Crippen molar-refractivity contribution >= 4 is 29.3 Å². The Morgan fingerprint density at radius 1 is 0.951 bits per heavy atom. The number of anilines is 1. The van der Waals surface area contributed by atoms with Gasteiger partial charge < -0.3 is 19.4 Å². The predicted molar refractivity (Wildman–Crippen MR) is 158 cm³/mol. The number of hydrogen-bond acceptors (Lipinski definition) is 5. The van der Waals surface area contributed by atoms with Crippen LogP contribution in [0.15, 0.2) is 48.7 Å². The zero-order valence-electron chi connectivity index (χ0n) is 24.1. The normalized spacial score (nSPS) is 16.7. The highest BCUT2D eigenvalue weighted by Crippen LogP contribution is 2.34. The maximum atomic E-state index is 13.9. The monoisotopic (exact) mass is 581 g/mol. The fraction of sp³-hybridized carbons (Fsp3) is 0.452. The summed E-state index contributed by atoms with van der Waals surface area (Å²) in [6.45, 7) is 11.2. The number of benzene rings is 2. The summed E-state index contributed by atoms with van der Waals surface area (Å²) in [6, 6.07) is 12.0. The van der Waals surface area contributed by atoms with Gasteiger partial charge in [-0.1, -0.05) is 17.7 Å².